The Morgan fingerprint density at radius 3 is 2.48 bits per heavy atom. The molecule has 1 heterocycles. The Kier molecular flexibility index (Phi) is 5.78. The molecule has 156 valence electrons. The normalized spacial score (nSPS) is 23.3. The van der Waals surface area contributed by atoms with Gasteiger partial charge in [0.1, 0.15) is 11.5 Å². The van der Waals surface area contributed by atoms with Crippen LogP contribution in [0.3, 0.4) is 0 Å². The lowest BCUT2D eigenvalue weighted by atomic mass is 9.66. The van der Waals surface area contributed by atoms with E-state index in [1.54, 1.807) is 26.0 Å². The summed E-state index contributed by atoms with van der Waals surface area (Å²) in [6.07, 6.45) is 2.38. The largest absolute Gasteiger partial charge is 0.463 e. The maximum atomic E-state index is 13.1. The van der Waals surface area contributed by atoms with Crippen LogP contribution in [0, 0.1) is 11.3 Å². The first-order chi connectivity index (χ1) is 13.6. The number of halogens is 2. The Morgan fingerprint density at radius 1 is 1.24 bits per heavy atom. The molecule has 0 saturated carbocycles. The average molecular weight is 405 g/mol. The van der Waals surface area contributed by atoms with E-state index in [1.807, 2.05) is 19.9 Å². The molecule has 1 aromatic rings. The molecule has 5 nitrogen and oxygen atoms in total. The van der Waals surface area contributed by atoms with E-state index in [2.05, 4.69) is 10.1 Å². The van der Waals surface area contributed by atoms with Gasteiger partial charge in [-0.3, -0.25) is 4.79 Å². The number of carbonyl (C=O) groups is 2. The van der Waals surface area contributed by atoms with Crippen molar-refractivity contribution in [1.82, 2.24) is 5.32 Å². The first kappa shape index (κ1) is 21.0. The fraction of sp³-hybridized carbons (Fsp3) is 0.455. The van der Waals surface area contributed by atoms with Gasteiger partial charge in [-0.2, -0.15) is 8.78 Å². The molecule has 2 atom stereocenters. The van der Waals surface area contributed by atoms with Crippen molar-refractivity contribution in [3.8, 4) is 5.75 Å². The van der Waals surface area contributed by atoms with Crippen LogP contribution in [0.4, 0.5) is 8.78 Å². The second-order valence-electron chi connectivity index (χ2n) is 8.02. The molecule has 0 saturated heterocycles. The van der Waals surface area contributed by atoms with Crippen LogP contribution in [0.2, 0.25) is 0 Å². The van der Waals surface area contributed by atoms with Gasteiger partial charge >= 0.3 is 12.6 Å². The number of hydrogen-bond acceptors (Lipinski definition) is 5. The minimum Gasteiger partial charge on any atom is -0.463 e. The highest BCUT2D eigenvalue weighted by Gasteiger charge is 2.46. The van der Waals surface area contributed by atoms with E-state index in [-0.39, 0.29) is 23.6 Å². The molecule has 0 aromatic heterocycles. The van der Waals surface area contributed by atoms with Gasteiger partial charge in [-0.1, -0.05) is 32.1 Å². The number of esters is 1. The zero-order chi connectivity index (χ0) is 21.3. The Bertz CT molecular complexity index is 871. The molecule has 0 amide bonds. The lowest BCUT2D eigenvalue weighted by molar-refractivity contribution is -0.139. The van der Waals surface area contributed by atoms with Gasteiger partial charge < -0.3 is 14.8 Å². The zero-order valence-electron chi connectivity index (χ0n) is 16.9. The summed E-state index contributed by atoms with van der Waals surface area (Å²) in [5.41, 5.74) is 2.13. The summed E-state index contributed by atoms with van der Waals surface area (Å²) in [4.78, 5) is 25.8. The van der Waals surface area contributed by atoms with Crippen molar-refractivity contribution in [3.05, 3.63) is 52.9 Å². The number of benzene rings is 1. The number of ketones is 1. The van der Waals surface area contributed by atoms with Crippen molar-refractivity contribution in [1.29, 1.82) is 0 Å². The number of carbonyl (C=O) groups excluding carboxylic acids is 2. The zero-order valence-corrected chi connectivity index (χ0v) is 16.9. The van der Waals surface area contributed by atoms with Crippen molar-refractivity contribution < 1.29 is 27.8 Å². The molecule has 7 heteroatoms. The van der Waals surface area contributed by atoms with E-state index in [0.29, 0.717) is 23.3 Å². The van der Waals surface area contributed by atoms with E-state index in [1.165, 1.54) is 12.1 Å². The average Bonchev–Trinajstić information content (AvgIpc) is 2.59. The van der Waals surface area contributed by atoms with E-state index < -0.39 is 24.4 Å². The van der Waals surface area contributed by atoms with Crippen molar-refractivity contribution in [2.75, 3.05) is 6.61 Å². The summed E-state index contributed by atoms with van der Waals surface area (Å²) < 4.78 is 34.6. The number of fused-ring (bicyclic) bond motifs is 1. The minimum atomic E-state index is -2.92. The molecule has 1 aliphatic heterocycles. The highest BCUT2D eigenvalue weighted by atomic mass is 19.3. The van der Waals surface area contributed by atoms with Crippen molar-refractivity contribution in [2.24, 2.45) is 11.3 Å². The lowest BCUT2D eigenvalue weighted by Crippen LogP contribution is -2.43. The molecule has 0 fully saturated rings. The number of allylic oxidation sites excluding steroid dienone is 3. The molecule has 0 radical (unpaired) electrons. The summed E-state index contributed by atoms with van der Waals surface area (Å²) in [5, 5.41) is 3.23. The molecule has 0 spiro atoms. The van der Waals surface area contributed by atoms with Crippen molar-refractivity contribution in [2.45, 2.75) is 46.6 Å². The molecule has 1 aromatic carbocycles. The number of nitrogens with one attached hydrogen (secondary N) is 1. The summed E-state index contributed by atoms with van der Waals surface area (Å²) >= 11 is 0. The van der Waals surface area contributed by atoms with Crippen LogP contribution in [0.5, 0.6) is 5.75 Å². The van der Waals surface area contributed by atoms with Crippen LogP contribution in [0.1, 0.15) is 45.6 Å². The molecule has 29 heavy (non-hydrogen) atoms. The van der Waals surface area contributed by atoms with Gasteiger partial charge in [0.05, 0.1) is 18.1 Å². The monoisotopic (exact) mass is 405 g/mol. The van der Waals surface area contributed by atoms with Crippen LogP contribution < -0.4 is 10.1 Å². The third-order valence-corrected chi connectivity index (χ3v) is 5.20. The van der Waals surface area contributed by atoms with Crippen molar-refractivity contribution in [3.63, 3.8) is 0 Å². The molecule has 2 unspecified atom stereocenters. The molecular weight excluding hydrogens is 380 g/mol. The Labute approximate surface area is 168 Å². The molecule has 2 aliphatic rings. The first-order valence-electron chi connectivity index (χ1n) is 9.58. The minimum absolute atomic E-state index is 0.0166. The van der Waals surface area contributed by atoms with Gasteiger partial charge in [0.15, 0.2) is 0 Å². The highest BCUT2D eigenvalue weighted by Crippen LogP contribution is 2.47. The van der Waals surface area contributed by atoms with Crippen LogP contribution in [-0.4, -0.2) is 25.0 Å². The van der Waals surface area contributed by atoms with Gasteiger partial charge in [0.25, 0.3) is 0 Å². The Morgan fingerprint density at radius 2 is 1.90 bits per heavy atom. The third kappa shape index (κ3) is 4.33. The molecule has 3 rings (SSSR count). The topological polar surface area (TPSA) is 64.6 Å². The highest BCUT2D eigenvalue weighted by molar-refractivity contribution is 5.96. The van der Waals surface area contributed by atoms with Crippen LogP contribution in [0.15, 0.2) is 47.3 Å². The van der Waals surface area contributed by atoms with Crippen LogP contribution in [-0.2, 0) is 14.3 Å². The number of alkyl halides is 2. The second kappa shape index (κ2) is 7.97. The SMILES string of the molecule is CCOC(=O)C1=C(C)NC2=CC(C)(C)CC(=O)C2C1c1ccc(OC(F)F)cc1. The fourth-order valence-electron chi connectivity index (χ4n) is 4.16. The maximum Gasteiger partial charge on any atom is 0.387 e. The number of Topliss-reactive ketones (excluding diaryl/α,β-unsaturated/α-hetero) is 1. The van der Waals surface area contributed by atoms with Gasteiger partial charge in [0.2, 0.25) is 0 Å². The van der Waals surface area contributed by atoms with Crippen molar-refractivity contribution >= 4 is 11.8 Å². The number of hydrogen-bond donors (Lipinski definition) is 1. The number of rotatable bonds is 5. The predicted octanol–water partition coefficient (Wildman–Crippen LogP) is 4.31. The maximum absolute atomic E-state index is 13.1. The smallest absolute Gasteiger partial charge is 0.387 e. The van der Waals surface area contributed by atoms with Gasteiger partial charge in [-0.05, 0) is 37.0 Å². The summed E-state index contributed by atoms with van der Waals surface area (Å²) in [7, 11) is 0. The Hall–Kier alpha value is -2.70. The van der Waals surface area contributed by atoms with Gasteiger partial charge in [0, 0.05) is 23.7 Å². The van der Waals surface area contributed by atoms with E-state index in [0.717, 1.165) is 5.70 Å². The molecular formula is C22H25F2NO4. The quantitative estimate of drug-likeness (QED) is 0.740. The second-order valence-corrected chi connectivity index (χ2v) is 8.02. The number of ether oxygens (including phenoxy) is 2. The third-order valence-electron chi connectivity index (χ3n) is 5.20. The standard InChI is InChI=1S/C22H25F2NO4/c1-5-28-20(27)17-12(2)25-15-10-22(3,4)11-16(26)19(15)18(17)13-6-8-14(9-7-13)29-21(23)24/h6-10,18-19,21,25H,5,11H2,1-4H3. The van der Waals surface area contributed by atoms with Crippen LogP contribution >= 0.6 is 0 Å². The fourth-order valence-corrected chi connectivity index (χ4v) is 4.16. The van der Waals surface area contributed by atoms with Crippen LogP contribution in [0.25, 0.3) is 0 Å². The summed E-state index contributed by atoms with van der Waals surface area (Å²) in [6.45, 7) is 4.75. The predicted molar refractivity (Wildman–Crippen MR) is 103 cm³/mol. The van der Waals surface area contributed by atoms with Gasteiger partial charge in [-0.15, -0.1) is 0 Å². The lowest BCUT2D eigenvalue weighted by Gasteiger charge is -2.41. The first-order valence-corrected chi connectivity index (χ1v) is 9.58. The molecule has 1 aliphatic carbocycles. The summed E-state index contributed by atoms with van der Waals surface area (Å²) in [6, 6.07) is 6.07. The Balaban J connectivity index is 2.10. The van der Waals surface area contributed by atoms with E-state index >= 15 is 0 Å². The van der Waals surface area contributed by atoms with E-state index in [9.17, 15) is 18.4 Å². The molecule has 1 N–H and O–H groups in total. The van der Waals surface area contributed by atoms with E-state index in [4.69, 9.17) is 4.74 Å². The summed E-state index contributed by atoms with van der Waals surface area (Å²) in [5.74, 6) is -1.58. The molecule has 0 bridgehead atoms. The van der Waals surface area contributed by atoms with Gasteiger partial charge in [-0.25, -0.2) is 4.79 Å².